The van der Waals surface area contributed by atoms with Crippen LogP contribution in [0, 0.1) is 3.70 Å². The molecule has 23 heavy (non-hydrogen) atoms. The quantitative estimate of drug-likeness (QED) is 0.667. The molecule has 2 amide bonds. The molecule has 0 unspecified atom stereocenters. The number of carbonyl (C=O) groups is 2. The van der Waals surface area contributed by atoms with E-state index in [0.717, 1.165) is 0 Å². The van der Waals surface area contributed by atoms with E-state index in [-0.39, 0.29) is 6.54 Å². The number of carbonyl (C=O) groups excluding carboxylic acids is 2. The van der Waals surface area contributed by atoms with Crippen molar-refractivity contribution in [3.8, 4) is 0 Å². The van der Waals surface area contributed by atoms with Crippen LogP contribution in [-0.2, 0) is 21.6 Å². The lowest BCUT2D eigenvalue weighted by Gasteiger charge is -2.48. The van der Waals surface area contributed by atoms with Gasteiger partial charge in [-0.1, -0.05) is 0 Å². The van der Waals surface area contributed by atoms with E-state index in [1.54, 1.807) is 9.58 Å². The highest BCUT2D eigenvalue weighted by Gasteiger charge is 2.50. The van der Waals surface area contributed by atoms with Crippen molar-refractivity contribution >= 4 is 34.6 Å². The minimum atomic E-state index is -0.584. The number of hydrogen-bond donors (Lipinski definition) is 1. The van der Waals surface area contributed by atoms with Crippen molar-refractivity contribution in [1.29, 1.82) is 0 Å². The monoisotopic (exact) mass is 434 g/mol. The number of amides is 2. The molecule has 1 fully saturated rings. The summed E-state index contributed by atoms with van der Waals surface area (Å²) in [5, 5.41) is 4.46. The van der Waals surface area contributed by atoms with Gasteiger partial charge < -0.3 is 15.2 Å². The number of hydrogen-bond acceptors (Lipinski definition) is 5. The molecular formula is C14H19IN4O4. The van der Waals surface area contributed by atoms with Crippen molar-refractivity contribution in [2.45, 2.75) is 38.5 Å². The fraction of sp³-hybridized carbons (Fsp3) is 0.643. The first-order chi connectivity index (χ1) is 10.6. The Morgan fingerprint density at radius 3 is 2.52 bits per heavy atom. The Balaban J connectivity index is 1.98. The third kappa shape index (κ3) is 2.80. The molecule has 0 bridgehead atoms. The Bertz CT molecular complexity index is 675. The van der Waals surface area contributed by atoms with Gasteiger partial charge in [-0.25, -0.2) is 4.79 Å². The van der Waals surface area contributed by atoms with Crippen LogP contribution in [0.4, 0.5) is 4.79 Å². The maximum atomic E-state index is 12.5. The van der Waals surface area contributed by atoms with Crippen LogP contribution in [0.25, 0.3) is 0 Å². The first kappa shape index (κ1) is 16.5. The van der Waals surface area contributed by atoms with Crippen LogP contribution < -0.4 is 5.73 Å². The fourth-order valence-corrected chi connectivity index (χ4v) is 3.66. The molecule has 0 aromatic carbocycles. The Kier molecular flexibility index (Phi) is 3.82. The summed E-state index contributed by atoms with van der Waals surface area (Å²) < 4.78 is 13.2. The molecule has 3 heterocycles. The predicted octanol–water partition coefficient (Wildman–Crippen LogP) is 1.06. The van der Waals surface area contributed by atoms with E-state index in [9.17, 15) is 9.59 Å². The Labute approximate surface area is 147 Å². The number of rotatable bonds is 1. The molecule has 9 heteroatoms. The van der Waals surface area contributed by atoms with Gasteiger partial charge in [0.15, 0.2) is 0 Å². The summed E-state index contributed by atoms with van der Waals surface area (Å²) >= 11 is 1.99. The summed E-state index contributed by atoms with van der Waals surface area (Å²) in [5.74, 6) is -0.544. The van der Waals surface area contributed by atoms with E-state index >= 15 is 0 Å². The third-order valence-corrected chi connectivity index (χ3v) is 4.61. The van der Waals surface area contributed by atoms with Gasteiger partial charge in [0.05, 0.1) is 37.6 Å². The number of halogens is 1. The van der Waals surface area contributed by atoms with Crippen LogP contribution in [0.1, 0.15) is 36.8 Å². The van der Waals surface area contributed by atoms with E-state index < -0.39 is 23.1 Å². The largest absolute Gasteiger partial charge is 0.444 e. The number of fused-ring (bicyclic) bond motifs is 2. The average Bonchev–Trinajstić information content (AvgIpc) is 2.69. The molecule has 8 nitrogen and oxygen atoms in total. The summed E-state index contributed by atoms with van der Waals surface area (Å²) in [7, 11) is 0. The molecule has 2 aliphatic rings. The van der Waals surface area contributed by atoms with Crippen molar-refractivity contribution in [3.05, 3.63) is 15.0 Å². The molecule has 0 atom stereocenters. The second-order valence-corrected chi connectivity index (χ2v) is 7.96. The predicted molar refractivity (Wildman–Crippen MR) is 88.9 cm³/mol. The maximum Gasteiger partial charge on any atom is 0.410 e. The zero-order valence-electron chi connectivity index (χ0n) is 13.3. The summed E-state index contributed by atoms with van der Waals surface area (Å²) in [6.07, 6.45) is -0.415. The Morgan fingerprint density at radius 1 is 1.39 bits per heavy atom. The van der Waals surface area contributed by atoms with Gasteiger partial charge >= 0.3 is 6.09 Å². The molecule has 3 rings (SSSR count). The fourth-order valence-electron chi connectivity index (χ4n) is 2.87. The van der Waals surface area contributed by atoms with Crippen molar-refractivity contribution in [2.75, 3.05) is 19.8 Å². The van der Waals surface area contributed by atoms with Crippen molar-refractivity contribution in [3.63, 3.8) is 0 Å². The topological polar surface area (TPSA) is 99.7 Å². The number of ether oxygens (including phenoxy) is 2. The summed E-state index contributed by atoms with van der Waals surface area (Å²) in [6, 6.07) is 0. The molecular weight excluding hydrogens is 415 g/mol. The molecule has 1 spiro atoms. The molecule has 2 N–H and O–H groups in total. The molecule has 0 saturated carbocycles. The highest BCUT2D eigenvalue weighted by atomic mass is 127. The average molecular weight is 434 g/mol. The van der Waals surface area contributed by atoms with Crippen LogP contribution in [0.2, 0.25) is 0 Å². The smallest absolute Gasteiger partial charge is 0.410 e. The maximum absolute atomic E-state index is 12.5. The van der Waals surface area contributed by atoms with Gasteiger partial charge in [0.25, 0.3) is 5.91 Å². The number of nitrogens with zero attached hydrogens (tertiary/aromatic N) is 3. The number of aromatic nitrogens is 2. The summed E-state index contributed by atoms with van der Waals surface area (Å²) in [4.78, 5) is 25.8. The van der Waals surface area contributed by atoms with E-state index in [2.05, 4.69) is 5.10 Å². The second-order valence-electron chi connectivity index (χ2n) is 6.94. The van der Waals surface area contributed by atoms with Crippen LogP contribution >= 0.6 is 22.6 Å². The molecule has 1 aromatic heterocycles. The summed E-state index contributed by atoms with van der Waals surface area (Å²) in [5.41, 5.74) is 5.47. The van der Waals surface area contributed by atoms with Crippen LogP contribution in [0.15, 0.2) is 0 Å². The first-order valence-electron chi connectivity index (χ1n) is 7.26. The van der Waals surface area contributed by atoms with Gasteiger partial charge in [-0.05, 0) is 43.4 Å². The molecule has 126 valence electrons. The first-order valence-corrected chi connectivity index (χ1v) is 8.34. The van der Waals surface area contributed by atoms with Crippen molar-refractivity contribution in [1.82, 2.24) is 14.7 Å². The van der Waals surface area contributed by atoms with Crippen LogP contribution in [0.3, 0.4) is 0 Å². The summed E-state index contributed by atoms with van der Waals surface area (Å²) in [6.45, 7) is 7.01. The highest BCUT2D eigenvalue weighted by molar-refractivity contribution is 14.1. The van der Waals surface area contributed by atoms with Gasteiger partial charge in [-0.3, -0.25) is 14.4 Å². The van der Waals surface area contributed by atoms with E-state index in [1.165, 1.54) is 0 Å². The molecule has 1 saturated heterocycles. The second kappa shape index (κ2) is 5.33. The van der Waals surface area contributed by atoms with Gasteiger partial charge in [0.1, 0.15) is 14.8 Å². The van der Waals surface area contributed by atoms with Gasteiger partial charge in [0, 0.05) is 0 Å². The zero-order chi connectivity index (χ0) is 17.0. The number of primary amides is 1. The van der Waals surface area contributed by atoms with Gasteiger partial charge in [-0.15, -0.1) is 0 Å². The Hall–Kier alpha value is -1.36. The number of nitrogens with two attached hydrogens (primary N) is 1. The van der Waals surface area contributed by atoms with Crippen molar-refractivity contribution in [2.24, 2.45) is 5.73 Å². The lowest BCUT2D eigenvalue weighted by Crippen LogP contribution is -2.63. The van der Waals surface area contributed by atoms with Crippen LogP contribution in [-0.4, -0.2) is 52.0 Å². The minimum Gasteiger partial charge on any atom is -0.444 e. The zero-order valence-corrected chi connectivity index (χ0v) is 15.4. The highest BCUT2D eigenvalue weighted by Crippen LogP contribution is 2.36. The SMILES string of the molecule is CC(C)(C)OC(=O)N1Cc2c(C(N)=O)c(I)nn2C2(COC2)C1. The minimum absolute atomic E-state index is 0.241. The molecule has 0 aliphatic carbocycles. The standard InChI is InChI=1S/C14H19IN4O4/c1-13(2,3)23-12(21)18-4-8-9(11(16)20)10(15)17-19(8)14(5-18)6-22-7-14/h4-7H2,1-3H3,(H2,16,20). The Morgan fingerprint density at radius 2 is 2.04 bits per heavy atom. The lowest BCUT2D eigenvalue weighted by molar-refractivity contribution is -0.131. The van der Waals surface area contributed by atoms with E-state index in [4.69, 9.17) is 15.2 Å². The molecule has 1 aromatic rings. The normalized spacial score (nSPS) is 19.2. The molecule has 2 aliphatic heterocycles. The van der Waals surface area contributed by atoms with E-state index in [1.807, 2.05) is 43.4 Å². The molecule has 0 radical (unpaired) electrons. The van der Waals surface area contributed by atoms with Gasteiger partial charge in [-0.2, -0.15) is 5.10 Å². The van der Waals surface area contributed by atoms with Crippen LogP contribution in [0.5, 0.6) is 0 Å². The van der Waals surface area contributed by atoms with E-state index in [0.29, 0.717) is 34.7 Å². The lowest BCUT2D eigenvalue weighted by atomic mass is 9.93. The van der Waals surface area contributed by atoms with Crippen molar-refractivity contribution < 1.29 is 19.1 Å². The third-order valence-electron chi connectivity index (χ3n) is 3.85. The van der Waals surface area contributed by atoms with Gasteiger partial charge in [0.2, 0.25) is 0 Å².